The van der Waals surface area contributed by atoms with Crippen LogP contribution in [0.15, 0.2) is 30.3 Å². The first kappa shape index (κ1) is 15.5. The number of rotatable bonds is 7. The van der Waals surface area contributed by atoms with Crippen LogP contribution in [0.3, 0.4) is 0 Å². The van der Waals surface area contributed by atoms with Crippen molar-refractivity contribution in [3.63, 3.8) is 0 Å². The van der Waals surface area contributed by atoms with Gasteiger partial charge in [-0.25, -0.2) is 4.79 Å². The summed E-state index contributed by atoms with van der Waals surface area (Å²) in [6, 6.07) is 9.88. The van der Waals surface area contributed by atoms with E-state index in [1.54, 1.807) is 0 Å². The van der Waals surface area contributed by atoms with E-state index in [1.807, 2.05) is 37.3 Å². The van der Waals surface area contributed by atoms with E-state index in [4.69, 9.17) is 4.74 Å². The number of nitrogens with one attached hydrogen (secondary N) is 2. The van der Waals surface area contributed by atoms with Crippen LogP contribution in [0.2, 0.25) is 0 Å². The summed E-state index contributed by atoms with van der Waals surface area (Å²) in [5.41, 5.74) is 1.12. The lowest BCUT2D eigenvalue weighted by atomic mass is 9.96. The van der Waals surface area contributed by atoms with E-state index >= 15 is 0 Å². The van der Waals surface area contributed by atoms with E-state index < -0.39 is 0 Å². The molecule has 2 N–H and O–H groups in total. The maximum atomic E-state index is 11.8. The Hall–Kier alpha value is -1.55. The summed E-state index contributed by atoms with van der Waals surface area (Å²) < 4.78 is 5.18. The first-order valence-corrected chi connectivity index (χ1v) is 6.82. The number of ether oxygens (including phenoxy) is 1. The number of hydrogen-bond donors (Lipinski definition) is 2. The second kappa shape index (κ2) is 8.53. The molecular formula is C15H24N2O2. The zero-order valence-corrected chi connectivity index (χ0v) is 12.0. The van der Waals surface area contributed by atoms with Crippen LogP contribution in [-0.2, 0) is 4.74 Å². The summed E-state index contributed by atoms with van der Waals surface area (Å²) in [7, 11) is 0. The van der Waals surface area contributed by atoms with Crippen LogP contribution in [-0.4, -0.2) is 25.8 Å². The molecule has 0 saturated carbocycles. The molecule has 0 fully saturated rings. The van der Waals surface area contributed by atoms with Crippen LogP contribution in [0, 0.1) is 5.92 Å². The van der Waals surface area contributed by atoms with Gasteiger partial charge in [0.15, 0.2) is 0 Å². The SMILES string of the molecule is CCOCCNC(=O)NC(c1ccccc1)C(C)C. The van der Waals surface area contributed by atoms with Crippen molar-refractivity contribution in [1.82, 2.24) is 10.6 Å². The van der Waals surface area contributed by atoms with E-state index in [0.29, 0.717) is 25.7 Å². The molecule has 0 aliphatic heterocycles. The molecule has 0 aromatic heterocycles. The third kappa shape index (κ3) is 5.75. The average molecular weight is 264 g/mol. The van der Waals surface area contributed by atoms with E-state index in [2.05, 4.69) is 24.5 Å². The van der Waals surface area contributed by atoms with Crippen molar-refractivity contribution in [3.8, 4) is 0 Å². The van der Waals surface area contributed by atoms with Gasteiger partial charge in [0.25, 0.3) is 0 Å². The molecule has 1 atom stereocenters. The van der Waals surface area contributed by atoms with Crippen LogP contribution in [0.25, 0.3) is 0 Å². The van der Waals surface area contributed by atoms with Crippen molar-refractivity contribution in [2.24, 2.45) is 5.92 Å². The Morgan fingerprint density at radius 1 is 1.26 bits per heavy atom. The molecule has 1 aromatic carbocycles. The maximum absolute atomic E-state index is 11.8. The van der Waals surface area contributed by atoms with Crippen molar-refractivity contribution < 1.29 is 9.53 Å². The van der Waals surface area contributed by atoms with Crippen LogP contribution in [0.1, 0.15) is 32.4 Å². The Morgan fingerprint density at radius 2 is 1.95 bits per heavy atom. The summed E-state index contributed by atoms with van der Waals surface area (Å²) in [6.45, 7) is 7.86. The molecule has 0 aliphatic carbocycles. The minimum absolute atomic E-state index is 0.0216. The van der Waals surface area contributed by atoms with E-state index in [0.717, 1.165) is 5.56 Å². The first-order valence-electron chi connectivity index (χ1n) is 6.82. The number of urea groups is 1. The third-order valence-electron chi connectivity index (χ3n) is 2.85. The largest absolute Gasteiger partial charge is 0.380 e. The zero-order chi connectivity index (χ0) is 14.1. The van der Waals surface area contributed by atoms with Gasteiger partial charge in [-0.2, -0.15) is 0 Å². The molecule has 4 heteroatoms. The highest BCUT2D eigenvalue weighted by atomic mass is 16.5. The molecular weight excluding hydrogens is 240 g/mol. The van der Waals surface area contributed by atoms with Gasteiger partial charge < -0.3 is 15.4 Å². The highest BCUT2D eigenvalue weighted by Gasteiger charge is 2.17. The number of amides is 2. The topological polar surface area (TPSA) is 50.4 Å². The van der Waals surface area contributed by atoms with Gasteiger partial charge in [-0.3, -0.25) is 0 Å². The minimum atomic E-state index is -0.151. The van der Waals surface area contributed by atoms with Gasteiger partial charge in [-0.15, -0.1) is 0 Å². The molecule has 19 heavy (non-hydrogen) atoms. The molecule has 0 bridgehead atoms. The molecule has 0 heterocycles. The number of hydrogen-bond acceptors (Lipinski definition) is 2. The van der Waals surface area contributed by atoms with Crippen LogP contribution >= 0.6 is 0 Å². The smallest absolute Gasteiger partial charge is 0.315 e. The summed E-state index contributed by atoms with van der Waals surface area (Å²) in [4.78, 5) is 11.8. The lowest BCUT2D eigenvalue weighted by molar-refractivity contribution is 0.149. The Morgan fingerprint density at radius 3 is 2.53 bits per heavy atom. The Balaban J connectivity index is 2.48. The molecule has 106 valence electrons. The molecule has 0 aliphatic rings. The second-order valence-corrected chi connectivity index (χ2v) is 4.73. The standard InChI is InChI=1S/C15H24N2O2/c1-4-19-11-10-16-15(18)17-14(12(2)3)13-8-6-5-7-9-13/h5-9,12,14H,4,10-11H2,1-3H3,(H2,16,17,18). The van der Waals surface area contributed by atoms with Crippen molar-refractivity contribution in [3.05, 3.63) is 35.9 Å². The number of benzene rings is 1. The molecule has 1 rings (SSSR count). The number of carbonyl (C=O) groups excluding carboxylic acids is 1. The molecule has 1 unspecified atom stereocenters. The quantitative estimate of drug-likeness (QED) is 0.744. The van der Waals surface area contributed by atoms with E-state index in [1.165, 1.54) is 0 Å². The van der Waals surface area contributed by atoms with Crippen LogP contribution in [0.4, 0.5) is 4.79 Å². The van der Waals surface area contributed by atoms with Crippen molar-refractivity contribution >= 4 is 6.03 Å². The van der Waals surface area contributed by atoms with Gasteiger partial charge in [0.05, 0.1) is 12.6 Å². The Labute approximate surface area is 115 Å². The van der Waals surface area contributed by atoms with Crippen molar-refractivity contribution in [2.45, 2.75) is 26.8 Å². The number of carbonyl (C=O) groups is 1. The van der Waals surface area contributed by atoms with Gasteiger partial charge in [0.1, 0.15) is 0 Å². The van der Waals surface area contributed by atoms with Gasteiger partial charge in [-0.05, 0) is 18.4 Å². The fourth-order valence-electron chi connectivity index (χ4n) is 1.87. The molecule has 0 saturated heterocycles. The summed E-state index contributed by atoms with van der Waals surface area (Å²) >= 11 is 0. The molecule has 4 nitrogen and oxygen atoms in total. The average Bonchev–Trinajstić information content (AvgIpc) is 2.41. The molecule has 0 spiro atoms. The minimum Gasteiger partial charge on any atom is -0.380 e. The van der Waals surface area contributed by atoms with Crippen LogP contribution < -0.4 is 10.6 Å². The van der Waals surface area contributed by atoms with Crippen molar-refractivity contribution in [1.29, 1.82) is 0 Å². The summed E-state index contributed by atoms with van der Waals surface area (Å²) in [5, 5.41) is 5.80. The van der Waals surface area contributed by atoms with Gasteiger partial charge >= 0.3 is 6.03 Å². The lowest BCUT2D eigenvalue weighted by Gasteiger charge is -2.23. The van der Waals surface area contributed by atoms with Crippen molar-refractivity contribution in [2.75, 3.05) is 19.8 Å². The third-order valence-corrected chi connectivity index (χ3v) is 2.85. The molecule has 1 aromatic rings. The normalized spacial score (nSPS) is 12.2. The van der Waals surface area contributed by atoms with Crippen LogP contribution in [0.5, 0.6) is 0 Å². The van der Waals surface area contributed by atoms with Gasteiger partial charge in [0, 0.05) is 13.2 Å². The maximum Gasteiger partial charge on any atom is 0.315 e. The fraction of sp³-hybridized carbons (Fsp3) is 0.533. The summed E-state index contributed by atoms with van der Waals surface area (Å²) in [5.74, 6) is 0.333. The second-order valence-electron chi connectivity index (χ2n) is 4.73. The first-order chi connectivity index (χ1) is 9.15. The monoisotopic (exact) mass is 264 g/mol. The van der Waals surface area contributed by atoms with E-state index in [9.17, 15) is 4.79 Å². The Kier molecular flexibility index (Phi) is 6.97. The highest BCUT2D eigenvalue weighted by molar-refractivity contribution is 5.74. The summed E-state index contributed by atoms with van der Waals surface area (Å²) in [6.07, 6.45) is 0. The zero-order valence-electron chi connectivity index (χ0n) is 12.0. The molecule has 2 amide bonds. The highest BCUT2D eigenvalue weighted by Crippen LogP contribution is 2.20. The lowest BCUT2D eigenvalue weighted by Crippen LogP contribution is -2.41. The van der Waals surface area contributed by atoms with E-state index in [-0.39, 0.29) is 12.1 Å². The predicted molar refractivity (Wildman–Crippen MR) is 77.0 cm³/mol. The Bertz CT molecular complexity index is 366. The predicted octanol–water partition coefficient (Wildman–Crippen LogP) is 2.72. The van der Waals surface area contributed by atoms with Gasteiger partial charge in [0.2, 0.25) is 0 Å². The molecule has 0 radical (unpaired) electrons. The fourth-order valence-corrected chi connectivity index (χ4v) is 1.87. The van der Waals surface area contributed by atoms with Gasteiger partial charge in [-0.1, -0.05) is 44.2 Å².